The number of benzene rings is 1. The van der Waals surface area contributed by atoms with E-state index in [9.17, 15) is 9.59 Å². The number of hydrogen-bond donors (Lipinski definition) is 1. The van der Waals surface area contributed by atoms with Gasteiger partial charge in [0.15, 0.2) is 0 Å². The van der Waals surface area contributed by atoms with E-state index in [0.29, 0.717) is 23.8 Å². The standard InChI is InChI=1S/C14H18ClNO3/c1-10(2)7-8-19-14(18)11-3-5-12(6-4-11)16-13(17)9-15/h3-6,10H,7-9H2,1-2H3,(H,16,17). The summed E-state index contributed by atoms with van der Waals surface area (Å²) in [5.74, 6) is -0.232. The van der Waals surface area contributed by atoms with Gasteiger partial charge in [-0.2, -0.15) is 0 Å². The van der Waals surface area contributed by atoms with E-state index in [1.54, 1.807) is 24.3 Å². The Bertz CT molecular complexity index is 429. The fourth-order valence-electron chi connectivity index (χ4n) is 1.35. The lowest BCUT2D eigenvalue weighted by Crippen LogP contribution is -2.13. The minimum absolute atomic E-state index is 0.0982. The van der Waals surface area contributed by atoms with E-state index in [1.165, 1.54) is 0 Å². The molecule has 0 radical (unpaired) electrons. The molecule has 19 heavy (non-hydrogen) atoms. The van der Waals surface area contributed by atoms with E-state index in [4.69, 9.17) is 16.3 Å². The highest BCUT2D eigenvalue weighted by Gasteiger charge is 2.08. The van der Waals surface area contributed by atoms with Crippen LogP contribution in [0.2, 0.25) is 0 Å². The number of carbonyl (C=O) groups excluding carboxylic acids is 2. The lowest BCUT2D eigenvalue weighted by molar-refractivity contribution is -0.113. The summed E-state index contributed by atoms with van der Waals surface area (Å²) in [6, 6.07) is 6.51. The SMILES string of the molecule is CC(C)CCOC(=O)c1ccc(NC(=O)CCl)cc1. The molecule has 1 N–H and O–H groups in total. The average Bonchev–Trinajstić information content (AvgIpc) is 2.38. The lowest BCUT2D eigenvalue weighted by atomic mass is 10.1. The van der Waals surface area contributed by atoms with Crippen molar-refractivity contribution in [1.82, 2.24) is 0 Å². The first-order valence-electron chi connectivity index (χ1n) is 6.16. The normalized spacial score (nSPS) is 10.3. The number of rotatable bonds is 6. The molecular weight excluding hydrogens is 266 g/mol. The zero-order valence-electron chi connectivity index (χ0n) is 11.1. The van der Waals surface area contributed by atoms with Gasteiger partial charge in [0, 0.05) is 5.69 Å². The number of anilines is 1. The van der Waals surface area contributed by atoms with Crippen LogP contribution in [0, 0.1) is 5.92 Å². The molecule has 1 amide bonds. The Balaban J connectivity index is 2.51. The van der Waals surface area contributed by atoms with Crippen LogP contribution < -0.4 is 5.32 Å². The van der Waals surface area contributed by atoms with Crippen molar-refractivity contribution in [3.05, 3.63) is 29.8 Å². The van der Waals surface area contributed by atoms with Crippen LogP contribution in [0.15, 0.2) is 24.3 Å². The molecule has 0 atom stereocenters. The summed E-state index contributed by atoms with van der Waals surface area (Å²) in [6.07, 6.45) is 0.843. The largest absolute Gasteiger partial charge is 0.462 e. The van der Waals surface area contributed by atoms with Gasteiger partial charge in [0.05, 0.1) is 12.2 Å². The molecule has 4 nitrogen and oxygen atoms in total. The van der Waals surface area contributed by atoms with Crippen molar-refractivity contribution in [3.63, 3.8) is 0 Å². The van der Waals surface area contributed by atoms with E-state index < -0.39 is 0 Å². The minimum Gasteiger partial charge on any atom is -0.462 e. The number of hydrogen-bond acceptors (Lipinski definition) is 3. The van der Waals surface area contributed by atoms with Crippen molar-refractivity contribution in [2.24, 2.45) is 5.92 Å². The monoisotopic (exact) mass is 283 g/mol. The highest BCUT2D eigenvalue weighted by Crippen LogP contribution is 2.11. The maximum absolute atomic E-state index is 11.7. The number of ether oxygens (including phenoxy) is 1. The van der Waals surface area contributed by atoms with Crippen molar-refractivity contribution in [2.75, 3.05) is 17.8 Å². The smallest absolute Gasteiger partial charge is 0.338 e. The van der Waals surface area contributed by atoms with Crippen molar-refractivity contribution in [1.29, 1.82) is 0 Å². The van der Waals surface area contributed by atoms with Gasteiger partial charge in [0.2, 0.25) is 5.91 Å². The summed E-state index contributed by atoms with van der Waals surface area (Å²) in [6.45, 7) is 4.56. The molecule has 104 valence electrons. The predicted molar refractivity (Wildman–Crippen MR) is 75.5 cm³/mol. The number of esters is 1. The summed E-state index contributed by atoms with van der Waals surface area (Å²) in [4.78, 5) is 22.8. The molecule has 0 unspecified atom stereocenters. The molecule has 0 fully saturated rings. The summed E-state index contributed by atoms with van der Waals surface area (Å²) in [5.41, 5.74) is 1.07. The van der Waals surface area contributed by atoms with Gasteiger partial charge in [0.25, 0.3) is 0 Å². The van der Waals surface area contributed by atoms with Crippen molar-refractivity contribution < 1.29 is 14.3 Å². The molecule has 0 aliphatic rings. The maximum Gasteiger partial charge on any atom is 0.338 e. The molecule has 1 aromatic carbocycles. The second kappa shape index (κ2) is 7.79. The molecule has 5 heteroatoms. The molecule has 0 saturated carbocycles. The van der Waals surface area contributed by atoms with E-state index in [2.05, 4.69) is 19.2 Å². The van der Waals surface area contributed by atoms with E-state index in [0.717, 1.165) is 6.42 Å². The third-order valence-electron chi connectivity index (χ3n) is 2.45. The van der Waals surface area contributed by atoms with E-state index in [1.807, 2.05) is 0 Å². The predicted octanol–water partition coefficient (Wildman–Crippen LogP) is 3.07. The number of halogens is 1. The van der Waals surface area contributed by atoms with Crippen LogP contribution in [0.5, 0.6) is 0 Å². The molecule has 0 bridgehead atoms. The Labute approximate surface area is 118 Å². The topological polar surface area (TPSA) is 55.4 Å². The van der Waals surface area contributed by atoms with Crippen molar-refractivity contribution in [3.8, 4) is 0 Å². The molecule has 0 aliphatic carbocycles. The molecule has 0 aliphatic heterocycles. The average molecular weight is 284 g/mol. The van der Waals surface area contributed by atoms with Gasteiger partial charge in [-0.1, -0.05) is 13.8 Å². The number of amides is 1. The molecular formula is C14H18ClNO3. The number of alkyl halides is 1. The van der Waals surface area contributed by atoms with Gasteiger partial charge in [-0.05, 0) is 36.6 Å². The third kappa shape index (κ3) is 5.75. The van der Waals surface area contributed by atoms with Crippen LogP contribution in [-0.2, 0) is 9.53 Å². The quantitative estimate of drug-likeness (QED) is 0.645. The van der Waals surface area contributed by atoms with Crippen molar-refractivity contribution >= 4 is 29.2 Å². The molecule has 1 aromatic rings. The molecule has 1 rings (SSSR count). The first kappa shape index (κ1) is 15.5. The lowest BCUT2D eigenvalue weighted by Gasteiger charge is -2.07. The number of carbonyl (C=O) groups is 2. The van der Waals surface area contributed by atoms with Gasteiger partial charge < -0.3 is 10.1 Å². The Morgan fingerprint density at radius 2 is 1.89 bits per heavy atom. The van der Waals surface area contributed by atoms with Crippen LogP contribution in [0.25, 0.3) is 0 Å². The first-order chi connectivity index (χ1) is 9.02. The molecule has 0 saturated heterocycles. The van der Waals surface area contributed by atoms with E-state index >= 15 is 0 Å². The van der Waals surface area contributed by atoms with Crippen LogP contribution >= 0.6 is 11.6 Å². The second-order valence-corrected chi connectivity index (χ2v) is 4.84. The van der Waals surface area contributed by atoms with Gasteiger partial charge in [-0.3, -0.25) is 4.79 Å². The van der Waals surface area contributed by atoms with Gasteiger partial charge in [-0.25, -0.2) is 4.79 Å². The molecule has 0 heterocycles. The maximum atomic E-state index is 11.7. The highest BCUT2D eigenvalue weighted by atomic mass is 35.5. The number of nitrogens with one attached hydrogen (secondary N) is 1. The Kier molecular flexibility index (Phi) is 6.36. The summed E-state index contributed by atoms with van der Waals surface area (Å²) in [5, 5.41) is 2.59. The van der Waals surface area contributed by atoms with Gasteiger partial charge in [0.1, 0.15) is 5.88 Å². The zero-order valence-corrected chi connectivity index (χ0v) is 11.9. The summed E-state index contributed by atoms with van der Waals surface area (Å²) >= 11 is 5.38. The van der Waals surface area contributed by atoms with Gasteiger partial charge >= 0.3 is 5.97 Å². The highest BCUT2D eigenvalue weighted by molar-refractivity contribution is 6.29. The van der Waals surface area contributed by atoms with E-state index in [-0.39, 0.29) is 17.8 Å². The fourth-order valence-corrected chi connectivity index (χ4v) is 1.42. The summed E-state index contributed by atoms with van der Waals surface area (Å²) < 4.78 is 5.13. The summed E-state index contributed by atoms with van der Waals surface area (Å²) in [7, 11) is 0. The third-order valence-corrected chi connectivity index (χ3v) is 2.70. The zero-order chi connectivity index (χ0) is 14.3. The minimum atomic E-state index is -0.351. The Morgan fingerprint density at radius 3 is 2.42 bits per heavy atom. The van der Waals surface area contributed by atoms with Crippen LogP contribution in [0.1, 0.15) is 30.6 Å². The van der Waals surface area contributed by atoms with Crippen LogP contribution in [-0.4, -0.2) is 24.4 Å². The Hall–Kier alpha value is -1.55. The van der Waals surface area contributed by atoms with Crippen LogP contribution in [0.4, 0.5) is 5.69 Å². The van der Waals surface area contributed by atoms with Crippen molar-refractivity contribution in [2.45, 2.75) is 20.3 Å². The van der Waals surface area contributed by atoms with Crippen LogP contribution in [0.3, 0.4) is 0 Å². The fraction of sp³-hybridized carbons (Fsp3) is 0.429. The van der Waals surface area contributed by atoms with Gasteiger partial charge in [-0.15, -0.1) is 11.6 Å². The molecule has 0 spiro atoms. The first-order valence-corrected chi connectivity index (χ1v) is 6.69. The Morgan fingerprint density at radius 1 is 1.26 bits per heavy atom. The molecule has 0 aromatic heterocycles. The second-order valence-electron chi connectivity index (χ2n) is 4.58.